The Morgan fingerprint density at radius 2 is 1.78 bits per heavy atom. The SMILES string of the molecule is Cc1ccc(Cl)cc1N1C(=O)c2ccc(C(=O)OCc3cccc([N+](=O)[O-])c3)cc2C1=O. The largest absolute Gasteiger partial charge is 0.457 e. The summed E-state index contributed by atoms with van der Waals surface area (Å²) < 4.78 is 5.23. The maximum absolute atomic E-state index is 13.0. The van der Waals surface area contributed by atoms with Crippen LogP contribution in [0.15, 0.2) is 60.7 Å². The van der Waals surface area contributed by atoms with Gasteiger partial charge in [-0.2, -0.15) is 0 Å². The predicted molar refractivity (Wildman–Crippen MR) is 116 cm³/mol. The molecular formula is C23H15ClN2O6. The van der Waals surface area contributed by atoms with Gasteiger partial charge in [0.1, 0.15) is 6.61 Å². The molecule has 160 valence electrons. The first-order valence-electron chi connectivity index (χ1n) is 9.45. The Bertz CT molecular complexity index is 1300. The van der Waals surface area contributed by atoms with Crippen molar-refractivity contribution in [1.29, 1.82) is 0 Å². The van der Waals surface area contributed by atoms with Crippen LogP contribution < -0.4 is 4.90 Å². The van der Waals surface area contributed by atoms with Crippen molar-refractivity contribution in [2.45, 2.75) is 13.5 Å². The molecule has 1 heterocycles. The molecule has 8 nitrogen and oxygen atoms in total. The number of benzene rings is 3. The molecule has 3 aromatic carbocycles. The molecule has 0 radical (unpaired) electrons. The van der Waals surface area contributed by atoms with E-state index < -0.39 is 22.7 Å². The Balaban J connectivity index is 1.56. The van der Waals surface area contributed by atoms with Gasteiger partial charge in [0, 0.05) is 17.2 Å². The fourth-order valence-corrected chi connectivity index (χ4v) is 3.57. The second kappa shape index (κ2) is 8.24. The number of hydrogen-bond acceptors (Lipinski definition) is 6. The Morgan fingerprint density at radius 1 is 1.03 bits per heavy atom. The fourth-order valence-electron chi connectivity index (χ4n) is 3.40. The number of nitrogens with zero attached hydrogens (tertiary/aromatic N) is 2. The van der Waals surface area contributed by atoms with E-state index in [4.69, 9.17) is 16.3 Å². The monoisotopic (exact) mass is 450 g/mol. The maximum atomic E-state index is 13.0. The van der Waals surface area contributed by atoms with Gasteiger partial charge in [-0.1, -0.05) is 29.8 Å². The second-order valence-electron chi connectivity index (χ2n) is 7.14. The van der Waals surface area contributed by atoms with Crippen molar-refractivity contribution in [2.24, 2.45) is 0 Å². The van der Waals surface area contributed by atoms with Crippen LogP contribution in [0, 0.1) is 17.0 Å². The van der Waals surface area contributed by atoms with E-state index in [2.05, 4.69) is 0 Å². The number of ether oxygens (including phenoxy) is 1. The molecule has 0 saturated heterocycles. The highest BCUT2D eigenvalue weighted by Crippen LogP contribution is 2.33. The quantitative estimate of drug-likeness (QED) is 0.241. The van der Waals surface area contributed by atoms with E-state index in [0.717, 1.165) is 4.90 Å². The van der Waals surface area contributed by atoms with E-state index in [1.165, 1.54) is 42.5 Å². The number of carbonyl (C=O) groups excluding carboxylic acids is 3. The van der Waals surface area contributed by atoms with Crippen LogP contribution in [-0.2, 0) is 11.3 Å². The summed E-state index contributed by atoms with van der Waals surface area (Å²) in [5, 5.41) is 11.3. The minimum absolute atomic E-state index is 0.0826. The smallest absolute Gasteiger partial charge is 0.338 e. The molecular weight excluding hydrogens is 436 g/mol. The van der Waals surface area contributed by atoms with Crippen molar-refractivity contribution in [2.75, 3.05) is 4.90 Å². The zero-order valence-electron chi connectivity index (χ0n) is 16.7. The number of aryl methyl sites for hydroxylation is 1. The summed E-state index contributed by atoms with van der Waals surface area (Å²) in [6, 6.07) is 14.7. The number of esters is 1. The van der Waals surface area contributed by atoms with Gasteiger partial charge in [-0.15, -0.1) is 0 Å². The zero-order chi connectivity index (χ0) is 23.0. The number of halogens is 1. The van der Waals surface area contributed by atoms with Gasteiger partial charge in [0.2, 0.25) is 0 Å². The van der Waals surface area contributed by atoms with Crippen molar-refractivity contribution in [3.05, 3.63) is 104 Å². The fraction of sp³-hybridized carbons (Fsp3) is 0.0870. The predicted octanol–water partition coefficient (Wildman–Crippen LogP) is 4.71. The van der Waals surface area contributed by atoms with Gasteiger partial charge in [0.25, 0.3) is 17.5 Å². The molecule has 0 aliphatic carbocycles. The van der Waals surface area contributed by atoms with E-state index >= 15 is 0 Å². The highest BCUT2D eigenvalue weighted by Gasteiger charge is 2.38. The molecule has 0 atom stereocenters. The number of carbonyl (C=O) groups is 3. The molecule has 9 heteroatoms. The van der Waals surface area contributed by atoms with Gasteiger partial charge in [0.15, 0.2) is 0 Å². The zero-order valence-corrected chi connectivity index (χ0v) is 17.5. The Hall–Kier alpha value is -4.04. The van der Waals surface area contributed by atoms with Crippen molar-refractivity contribution in [3.63, 3.8) is 0 Å². The molecule has 0 N–H and O–H groups in total. The number of anilines is 1. The number of nitro groups is 1. The minimum atomic E-state index is -0.725. The Kier molecular flexibility index (Phi) is 5.46. The van der Waals surface area contributed by atoms with Crippen LogP contribution in [0.2, 0.25) is 5.02 Å². The number of fused-ring (bicyclic) bond motifs is 1. The lowest BCUT2D eigenvalue weighted by molar-refractivity contribution is -0.384. The van der Waals surface area contributed by atoms with Gasteiger partial charge in [-0.05, 0) is 48.4 Å². The third-order valence-corrected chi connectivity index (χ3v) is 5.26. The van der Waals surface area contributed by atoms with Crippen LogP contribution in [0.25, 0.3) is 0 Å². The second-order valence-corrected chi connectivity index (χ2v) is 7.58. The van der Waals surface area contributed by atoms with Crippen LogP contribution in [-0.4, -0.2) is 22.7 Å². The summed E-state index contributed by atoms with van der Waals surface area (Å²) in [6.07, 6.45) is 0. The Morgan fingerprint density at radius 3 is 2.53 bits per heavy atom. The molecule has 1 aliphatic rings. The third kappa shape index (κ3) is 3.83. The van der Waals surface area contributed by atoms with E-state index in [1.54, 1.807) is 25.1 Å². The normalized spacial score (nSPS) is 12.6. The number of non-ortho nitro benzene ring substituents is 1. The molecule has 0 saturated carbocycles. The number of imide groups is 1. The van der Waals surface area contributed by atoms with Gasteiger partial charge in [0.05, 0.1) is 27.3 Å². The summed E-state index contributed by atoms with van der Waals surface area (Å²) in [5.41, 5.74) is 1.74. The average molecular weight is 451 g/mol. The highest BCUT2D eigenvalue weighted by atomic mass is 35.5. The number of rotatable bonds is 5. The van der Waals surface area contributed by atoms with Crippen LogP contribution in [0.1, 0.15) is 42.2 Å². The van der Waals surface area contributed by atoms with Gasteiger partial charge in [-0.25, -0.2) is 9.69 Å². The Labute approximate surface area is 187 Å². The van der Waals surface area contributed by atoms with E-state index in [-0.39, 0.29) is 29.0 Å². The third-order valence-electron chi connectivity index (χ3n) is 5.03. The molecule has 0 bridgehead atoms. The molecule has 0 fully saturated rings. The van der Waals surface area contributed by atoms with Crippen LogP contribution in [0.5, 0.6) is 0 Å². The molecule has 0 unspecified atom stereocenters. The van der Waals surface area contributed by atoms with Crippen LogP contribution in [0.4, 0.5) is 11.4 Å². The molecule has 2 amide bonds. The molecule has 0 aromatic heterocycles. The van der Waals surface area contributed by atoms with Crippen molar-refractivity contribution >= 4 is 40.8 Å². The van der Waals surface area contributed by atoms with Crippen LogP contribution >= 0.6 is 11.6 Å². The van der Waals surface area contributed by atoms with Gasteiger partial charge in [-0.3, -0.25) is 19.7 Å². The standard InChI is InChI=1S/C23H15ClN2O6/c1-13-5-7-16(24)11-20(13)25-21(27)18-8-6-15(10-19(18)22(25)28)23(29)32-12-14-3-2-4-17(9-14)26(30)31/h2-11H,12H2,1H3. The molecule has 1 aliphatic heterocycles. The molecule has 4 rings (SSSR count). The topological polar surface area (TPSA) is 107 Å². The first kappa shape index (κ1) is 21.2. The molecule has 0 spiro atoms. The van der Waals surface area contributed by atoms with E-state index in [0.29, 0.717) is 21.8 Å². The number of amides is 2. The van der Waals surface area contributed by atoms with E-state index in [9.17, 15) is 24.5 Å². The lowest BCUT2D eigenvalue weighted by Crippen LogP contribution is -2.30. The average Bonchev–Trinajstić information content (AvgIpc) is 3.03. The van der Waals surface area contributed by atoms with Crippen molar-refractivity contribution < 1.29 is 24.0 Å². The highest BCUT2D eigenvalue weighted by molar-refractivity contribution is 6.36. The van der Waals surface area contributed by atoms with E-state index in [1.807, 2.05) is 0 Å². The maximum Gasteiger partial charge on any atom is 0.338 e. The molecule has 32 heavy (non-hydrogen) atoms. The van der Waals surface area contributed by atoms with Crippen molar-refractivity contribution in [3.8, 4) is 0 Å². The summed E-state index contributed by atoms with van der Waals surface area (Å²) in [4.78, 5) is 49.7. The first-order chi connectivity index (χ1) is 15.3. The lowest BCUT2D eigenvalue weighted by Gasteiger charge is -2.16. The van der Waals surface area contributed by atoms with Crippen molar-refractivity contribution in [1.82, 2.24) is 0 Å². The van der Waals surface area contributed by atoms with Gasteiger partial charge < -0.3 is 4.74 Å². The summed E-state index contributed by atoms with van der Waals surface area (Å²) in [6.45, 7) is 1.57. The molecule has 3 aromatic rings. The first-order valence-corrected chi connectivity index (χ1v) is 9.83. The summed E-state index contributed by atoms with van der Waals surface area (Å²) in [5.74, 6) is -1.80. The summed E-state index contributed by atoms with van der Waals surface area (Å²) >= 11 is 6.03. The number of hydrogen-bond donors (Lipinski definition) is 0. The number of nitro benzene ring substituents is 1. The summed E-state index contributed by atoms with van der Waals surface area (Å²) in [7, 11) is 0. The minimum Gasteiger partial charge on any atom is -0.457 e. The van der Waals surface area contributed by atoms with Gasteiger partial charge >= 0.3 is 5.97 Å². The lowest BCUT2D eigenvalue weighted by atomic mass is 10.1. The van der Waals surface area contributed by atoms with Crippen LogP contribution in [0.3, 0.4) is 0 Å².